The van der Waals surface area contributed by atoms with E-state index in [9.17, 15) is 4.79 Å². The standard InChI is InChI=1S/C20H19BrN2O3/c1-25-11-10-23-20(24)17(13-22)12-15-4-8-19(9-5-15)26-14-16-2-6-18(21)7-3-16/h2-9,12H,10-11,14H2,1H3,(H,23,24). The van der Waals surface area contributed by atoms with Gasteiger partial charge < -0.3 is 14.8 Å². The summed E-state index contributed by atoms with van der Waals surface area (Å²) in [5.41, 5.74) is 1.86. The van der Waals surface area contributed by atoms with Crippen molar-refractivity contribution in [1.82, 2.24) is 5.32 Å². The quantitative estimate of drug-likeness (QED) is 0.406. The number of nitrogens with zero attached hydrogens (tertiary/aromatic N) is 1. The second-order valence-electron chi connectivity index (χ2n) is 5.40. The number of methoxy groups -OCH3 is 1. The number of carbonyl (C=O) groups is 1. The first-order chi connectivity index (χ1) is 12.6. The molecule has 134 valence electrons. The second kappa shape index (κ2) is 10.4. The molecule has 0 aliphatic carbocycles. The van der Waals surface area contributed by atoms with Gasteiger partial charge in [0.05, 0.1) is 6.61 Å². The Labute approximate surface area is 161 Å². The maximum Gasteiger partial charge on any atom is 0.262 e. The number of hydrogen-bond donors (Lipinski definition) is 1. The molecule has 0 spiro atoms. The highest BCUT2D eigenvalue weighted by atomic mass is 79.9. The summed E-state index contributed by atoms with van der Waals surface area (Å²) in [6.07, 6.45) is 1.54. The number of benzene rings is 2. The van der Waals surface area contributed by atoms with Gasteiger partial charge in [-0.15, -0.1) is 0 Å². The summed E-state index contributed by atoms with van der Waals surface area (Å²) in [6.45, 7) is 1.22. The van der Waals surface area contributed by atoms with Crippen molar-refractivity contribution in [3.8, 4) is 11.8 Å². The summed E-state index contributed by atoms with van der Waals surface area (Å²) in [6, 6.07) is 17.0. The van der Waals surface area contributed by atoms with Crippen LogP contribution in [0.5, 0.6) is 5.75 Å². The van der Waals surface area contributed by atoms with E-state index in [1.54, 1.807) is 25.3 Å². The maximum absolute atomic E-state index is 11.9. The van der Waals surface area contributed by atoms with Crippen molar-refractivity contribution in [2.45, 2.75) is 6.61 Å². The number of amides is 1. The molecule has 0 aromatic heterocycles. The molecule has 5 nitrogen and oxygen atoms in total. The van der Waals surface area contributed by atoms with Crippen molar-refractivity contribution in [3.63, 3.8) is 0 Å². The van der Waals surface area contributed by atoms with E-state index in [1.165, 1.54) is 0 Å². The van der Waals surface area contributed by atoms with Crippen molar-refractivity contribution in [3.05, 3.63) is 69.7 Å². The third kappa shape index (κ3) is 6.36. The molecule has 1 amide bonds. The van der Waals surface area contributed by atoms with Crippen LogP contribution < -0.4 is 10.1 Å². The van der Waals surface area contributed by atoms with Gasteiger partial charge in [-0.1, -0.05) is 40.2 Å². The molecule has 0 fully saturated rings. The fourth-order valence-corrected chi connectivity index (χ4v) is 2.35. The van der Waals surface area contributed by atoms with Gasteiger partial charge in [0.15, 0.2) is 0 Å². The predicted molar refractivity (Wildman–Crippen MR) is 103 cm³/mol. The topological polar surface area (TPSA) is 71.3 Å². The van der Waals surface area contributed by atoms with E-state index in [-0.39, 0.29) is 5.57 Å². The highest BCUT2D eigenvalue weighted by Crippen LogP contribution is 2.17. The summed E-state index contributed by atoms with van der Waals surface area (Å²) in [4.78, 5) is 11.9. The molecular formula is C20H19BrN2O3. The molecule has 0 atom stereocenters. The summed E-state index contributed by atoms with van der Waals surface area (Å²) in [5, 5.41) is 11.8. The highest BCUT2D eigenvalue weighted by Gasteiger charge is 2.08. The van der Waals surface area contributed by atoms with Crippen LogP contribution in [0.15, 0.2) is 58.6 Å². The van der Waals surface area contributed by atoms with E-state index >= 15 is 0 Å². The molecule has 26 heavy (non-hydrogen) atoms. The van der Waals surface area contributed by atoms with Crippen LogP contribution in [-0.4, -0.2) is 26.2 Å². The van der Waals surface area contributed by atoms with Crippen LogP contribution in [0.2, 0.25) is 0 Å². The van der Waals surface area contributed by atoms with Crippen molar-refractivity contribution < 1.29 is 14.3 Å². The zero-order valence-electron chi connectivity index (χ0n) is 14.4. The molecule has 0 saturated carbocycles. The van der Waals surface area contributed by atoms with Crippen LogP contribution in [0.3, 0.4) is 0 Å². The van der Waals surface area contributed by atoms with Gasteiger partial charge in [-0.3, -0.25) is 4.79 Å². The molecule has 1 N–H and O–H groups in total. The number of hydrogen-bond acceptors (Lipinski definition) is 4. The van der Waals surface area contributed by atoms with Crippen molar-refractivity contribution in [2.75, 3.05) is 20.3 Å². The van der Waals surface area contributed by atoms with E-state index in [4.69, 9.17) is 14.7 Å². The van der Waals surface area contributed by atoms with E-state index in [0.717, 1.165) is 15.6 Å². The lowest BCUT2D eigenvalue weighted by molar-refractivity contribution is -0.117. The molecule has 0 saturated heterocycles. The fourth-order valence-electron chi connectivity index (χ4n) is 2.08. The SMILES string of the molecule is COCCNC(=O)C(C#N)=Cc1ccc(OCc2ccc(Br)cc2)cc1. The molecule has 0 aliphatic rings. The smallest absolute Gasteiger partial charge is 0.262 e. The lowest BCUT2D eigenvalue weighted by Gasteiger charge is -2.07. The monoisotopic (exact) mass is 414 g/mol. The van der Waals surface area contributed by atoms with E-state index in [1.807, 2.05) is 42.5 Å². The van der Waals surface area contributed by atoms with Crippen molar-refractivity contribution in [1.29, 1.82) is 5.26 Å². The minimum Gasteiger partial charge on any atom is -0.489 e. The van der Waals surface area contributed by atoms with Crippen LogP contribution >= 0.6 is 15.9 Å². The number of nitriles is 1. The highest BCUT2D eigenvalue weighted by molar-refractivity contribution is 9.10. The Balaban J connectivity index is 1.95. The third-order valence-electron chi connectivity index (χ3n) is 3.47. The van der Waals surface area contributed by atoms with E-state index in [0.29, 0.717) is 25.5 Å². The van der Waals surface area contributed by atoms with Crippen LogP contribution in [-0.2, 0) is 16.1 Å². The van der Waals surface area contributed by atoms with Gasteiger partial charge in [-0.2, -0.15) is 5.26 Å². The Kier molecular flexibility index (Phi) is 7.87. The fraction of sp³-hybridized carbons (Fsp3) is 0.200. The number of rotatable bonds is 8. The first kappa shape index (κ1) is 19.7. The summed E-state index contributed by atoms with van der Waals surface area (Å²) >= 11 is 3.40. The Hall–Kier alpha value is -2.62. The Morgan fingerprint density at radius 3 is 2.50 bits per heavy atom. The van der Waals surface area contributed by atoms with Crippen LogP contribution in [0.4, 0.5) is 0 Å². The molecule has 0 heterocycles. The minimum atomic E-state index is -0.417. The molecular weight excluding hydrogens is 396 g/mol. The minimum absolute atomic E-state index is 0.0460. The number of halogens is 1. The van der Waals surface area contributed by atoms with Crippen LogP contribution in [0.1, 0.15) is 11.1 Å². The van der Waals surface area contributed by atoms with Crippen molar-refractivity contribution >= 4 is 27.9 Å². The molecule has 2 aromatic carbocycles. The lowest BCUT2D eigenvalue weighted by Crippen LogP contribution is -2.27. The zero-order valence-corrected chi connectivity index (χ0v) is 16.0. The van der Waals surface area contributed by atoms with E-state index < -0.39 is 5.91 Å². The molecule has 0 radical (unpaired) electrons. The van der Waals surface area contributed by atoms with Gasteiger partial charge in [-0.25, -0.2) is 0 Å². The largest absolute Gasteiger partial charge is 0.489 e. The lowest BCUT2D eigenvalue weighted by atomic mass is 10.1. The zero-order chi connectivity index (χ0) is 18.8. The molecule has 0 bridgehead atoms. The Morgan fingerprint density at radius 2 is 1.88 bits per heavy atom. The summed E-state index contributed by atoms with van der Waals surface area (Å²) in [7, 11) is 1.55. The average molecular weight is 415 g/mol. The summed E-state index contributed by atoms with van der Waals surface area (Å²) < 4.78 is 11.6. The van der Waals surface area contributed by atoms with Gasteiger partial charge in [0, 0.05) is 18.1 Å². The van der Waals surface area contributed by atoms with Gasteiger partial charge in [0.25, 0.3) is 5.91 Å². The number of ether oxygens (including phenoxy) is 2. The second-order valence-corrected chi connectivity index (χ2v) is 6.32. The first-order valence-electron chi connectivity index (χ1n) is 7.98. The average Bonchev–Trinajstić information content (AvgIpc) is 2.66. The van der Waals surface area contributed by atoms with Crippen LogP contribution in [0, 0.1) is 11.3 Å². The molecule has 2 rings (SSSR count). The molecule has 2 aromatic rings. The maximum atomic E-state index is 11.9. The van der Waals surface area contributed by atoms with Crippen LogP contribution in [0.25, 0.3) is 6.08 Å². The number of nitrogens with one attached hydrogen (secondary N) is 1. The normalized spacial score (nSPS) is 10.9. The van der Waals surface area contributed by atoms with Gasteiger partial charge in [0.2, 0.25) is 0 Å². The molecule has 6 heteroatoms. The van der Waals surface area contributed by atoms with Crippen molar-refractivity contribution in [2.24, 2.45) is 0 Å². The Morgan fingerprint density at radius 1 is 1.19 bits per heavy atom. The Bertz CT molecular complexity index is 793. The first-order valence-corrected chi connectivity index (χ1v) is 8.78. The number of carbonyl (C=O) groups excluding carboxylic acids is 1. The van der Waals surface area contributed by atoms with Gasteiger partial charge in [0.1, 0.15) is 24.0 Å². The molecule has 0 aliphatic heterocycles. The third-order valence-corrected chi connectivity index (χ3v) is 4.00. The van der Waals surface area contributed by atoms with Gasteiger partial charge >= 0.3 is 0 Å². The summed E-state index contributed by atoms with van der Waals surface area (Å²) in [5.74, 6) is 0.299. The van der Waals surface area contributed by atoms with E-state index in [2.05, 4.69) is 21.2 Å². The van der Waals surface area contributed by atoms with Gasteiger partial charge in [-0.05, 0) is 41.5 Å². The molecule has 0 unspecified atom stereocenters. The predicted octanol–water partition coefficient (Wildman–Crippen LogP) is 3.70.